The second-order valence-corrected chi connectivity index (χ2v) is 8.29. The number of para-hydroxylation sites is 1. The number of carbonyl (C=O) groups is 1. The van der Waals surface area contributed by atoms with Gasteiger partial charge in [-0.1, -0.05) is 23.5 Å². The van der Waals surface area contributed by atoms with Crippen LogP contribution in [-0.2, 0) is 16.9 Å². The highest BCUT2D eigenvalue weighted by atomic mass is 32.2. The summed E-state index contributed by atoms with van der Waals surface area (Å²) in [5, 5.41) is 4.15. The van der Waals surface area contributed by atoms with Crippen molar-refractivity contribution in [1.29, 1.82) is 0 Å². The van der Waals surface area contributed by atoms with Crippen LogP contribution in [0.4, 0.5) is 0 Å². The van der Waals surface area contributed by atoms with Crippen molar-refractivity contribution in [2.24, 2.45) is 12.1 Å². The fraction of sp³-hybridized carbons (Fsp3) is 0.125. The van der Waals surface area contributed by atoms with E-state index in [1.165, 1.54) is 35.6 Å². The van der Waals surface area contributed by atoms with Crippen LogP contribution in [0.15, 0.2) is 58.5 Å². The van der Waals surface area contributed by atoms with E-state index in [2.05, 4.69) is 10.5 Å². The first kappa shape index (κ1) is 16.4. The lowest BCUT2D eigenvalue weighted by atomic mass is 10.2. The molecule has 6 nitrogen and oxygen atoms in total. The summed E-state index contributed by atoms with van der Waals surface area (Å²) >= 11 is 1.47. The number of aromatic nitrogens is 1. The Hall–Kier alpha value is -2.45. The number of benzene rings is 2. The molecule has 2 aromatic carbocycles. The fourth-order valence-electron chi connectivity index (χ4n) is 2.20. The Labute approximate surface area is 143 Å². The molecule has 0 spiro atoms. The number of hydrogen-bond donors (Lipinski definition) is 1. The monoisotopic (exact) mass is 361 g/mol. The zero-order valence-electron chi connectivity index (χ0n) is 13.1. The first-order chi connectivity index (χ1) is 11.4. The molecule has 0 unspecified atom stereocenters. The van der Waals surface area contributed by atoms with Gasteiger partial charge in [0, 0.05) is 18.9 Å². The molecule has 1 amide bonds. The van der Waals surface area contributed by atoms with Crippen molar-refractivity contribution in [1.82, 2.24) is 9.99 Å². The maximum absolute atomic E-state index is 12.1. The number of aryl methyl sites for hydroxylation is 1. The highest BCUT2D eigenvalue weighted by Gasteiger charge is 2.09. The van der Waals surface area contributed by atoms with E-state index in [0.29, 0.717) is 10.4 Å². The van der Waals surface area contributed by atoms with Gasteiger partial charge in [0.15, 0.2) is 9.84 Å². The van der Waals surface area contributed by atoms with Crippen LogP contribution in [0.25, 0.3) is 10.2 Å². The highest BCUT2D eigenvalue weighted by Crippen LogP contribution is 2.15. The van der Waals surface area contributed by atoms with E-state index >= 15 is 0 Å². The topological polar surface area (TPSA) is 80.5 Å². The van der Waals surface area contributed by atoms with Gasteiger partial charge in [0.1, 0.15) is 0 Å². The first-order valence-corrected chi connectivity index (χ1v) is 9.76. The second-order valence-electron chi connectivity index (χ2n) is 5.26. The average molecular weight is 361 g/mol. The summed E-state index contributed by atoms with van der Waals surface area (Å²) in [5.41, 5.74) is 3.88. The second kappa shape index (κ2) is 6.21. The SMILES string of the molecule is Cn1/c(=N/NC(=O)c2ccc(S(C)(=O)=O)cc2)sc2ccccc21. The van der Waals surface area contributed by atoms with E-state index in [0.717, 1.165) is 16.5 Å². The largest absolute Gasteiger partial charge is 0.318 e. The van der Waals surface area contributed by atoms with Gasteiger partial charge in [0.05, 0.1) is 15.1 Å². The van der Waals surface area contributed by atoms with Gasteiger partial charge in [0.2, 0.25) is 4.80 Å². The molecule has 124 valence electrons. The number of amides is 1. The molecule has 8 heteroatoms. The molecule has 0 aliphatic carbocycles. The third-order valence-corrected chi connectivity index (χ3v) is 5.75. The van der Waals surface area contributed by atoms with Gasteiger partial charge in [-0.25, -0.2) is 13.8 Å². The van der Waals surface area contributed by atoms with E-state index in [9.17, 15) is 13.2 Å². The van der Waals surface area contributed by atoms with Crippen LogP contribution in [-0.4, -0.2) is 25.1 Å². The zero-order valence-corrected chi connectivity index (χ0v) is 14.7. The van der Waals surface area contributed by atoms with Crippen molar-refractivity contribution in [3.63, 3.8) is 0 Å². The standard InChI is InChI=1S/C16H15N3O3S2/c1-19-13-5-3-4-6-14(13)23-16(19)18-17-15(20)11-7-9-12(10-8-11)24(2,21)22/h3-10H,1-2H3,(H,17,20)/b18-16-. The number of sulfone groups is 1. The number of nitrogens with zero attached hydrogens (tertiary/aromatic N) is 2. The van der Waals surface area contributed by atoms with Crippen molar-refractivity contribution >= 4 is 37.3 Å². The maximum Gasteiger partial charge on any atom is 0.271 e. The molecule has 24 heavy (non-hydrogen) atoms. The number of thiazole rings is 1. The average Bonchev–Trinajstić information content (AvgIpc) is 2.88. The Morgan fingerprint density at radius 3 is 2.42 bits per heavy atom. The van der Waals surface area contributed by atoms with Crippen LogP contribution in [0.3, 0.4) is 0 Å². The van der Waals surface area contributed by atoms with E-state index in [4.69, 9.17) is 0 Å². The van der Waals surface area contributed by atoms with Crippen LogP contribution >= 0.6 is 11.3 Å². The van der Waals surface area contributed by atoms with Crippen molar-refractivity contribution in [2.45, 2.75) is 4.90 Å². The fourth-order valence-corrected chi connectivity index (χ4v) is 3.81. The number of rotatable bonds is 3. The van der Waals surface area contributed by atoms with Crippen molar-refractivity contribution < 1.29 is 13.2 Å². The third-order valence-electron chi connectivity index (χ3n) is 3.51. The lowest BCUT2D eigenvalue weighted by Gasteiger charge is -2.01. The molecule has 0 aliphatic rings. The Balaban J connectivity index is 1.85. The van der Waals surface area contributed by atoms with E-state index in [-0.39, 0.29) is 4.90 Å². The normalized spacial score (nSPS) is 12.5. The van der Waals surface area contributed by atoms with E-state index in [1.807, 2.05) is 35.9 Å². The van der Waals surface area contributed by atoms with Gasteiger partial charge in [-0.3, -0.25) is 4.79 Å². The van der Waals surface area contributed by atoms with Crippen molar-refractivity contribution in [2.75, 3.05) is 6.26 Å². The van der Waals surface area contributed by atoms with Gasteiger partial charge in [-0.05, 0) is 36.4 Å². The predicted octanol–water partition coefficient (Wildman–Crippen LogP) is 1.89. The zero-order chi connectivity index (χ0) is 17.3. The predicted molar refractivity (Wildman–Crippen MR) is 93.4 cm³/mol. The van der Waals surface area contributed by atoms with Crippen LogP contribution in [0.1, 0.15) is 10.4 Å². The van der Waals surface area contributed by atoms with Gasteiger partial charge < -0.3 is 4.57 Å². The van der Waals surface area contributed by atoms with Gasteiger partial charge in [-0.2, -0.15) is 0 Å². The molecule has 1 N–H and O–H groups in total. The minimum Gasteiger partial charge on any atom is -0.318 e. The van der Waals surface area contributed by atoms with Crippen LogP contribution < -0.4 is 10.2 Å². The smallest absolute Gasteiger partial charge is 0.271 e. The molecule has 0 saturated heterocycles. The molecule has 1 aromatic heterocycles. The lowest BCUT2D eigenvalue weighted by Crippen LogP contribution is -2.23. The molecule has 0 fully saturated rings. The molecule has 3 rings (SSSR count). The summed E-state index contributed by atoms with van der Waals surface area (Å²) in [4.78, 5) is 13.0. The molecular formula is C16H15N3O3S2. The number of hydrogen-bond acceptors (Lipinski definition) is 5. The highest BCUT2D eigenvalue weighted by molar-refractivity contribution is 7.90. The minimum absolute atomic E-state index is 0.173. The Morgan fingerprint density at radius 1 is 1.12 bits per heavy atom. The molecule has 0 aliphatic heterocycles. The number of carbonyl (C=O) groups excluding carboxylic acids is 1. The van der Waals surface area contributed by atoms with Crippen LogP contribution in [0.5, 0.6) is 0 Å². The molecule has 0 radical (unpaired) electrons. The Bertz CT molecular complexity index is 1080. The minimum atomic E-state index is -3.28. The molecule has 3 aromatic rings. The van der Waals surface area contributed by atoms with E-state index in [1.54, 1.807) is 0 Å². The summed E-state index contributed by atoms with van der Waals surface area (Å²) in [6.07, 6.45) is 1.12. The molecule has 1 heterocycles. The summed E-state index contributed by atoms with van der Waals surface area (Å²) in [6.45, 7) is 0. The van der Waals surface area contributed by atoms with Crippen LogP contribution in [0, 0.1) is 0 Å². The van der Waals surface area contributed by atoms with Gasteiger partial charge in [0.25, 0.3) is 5.91 Å². The Kier molecular flexibility index (Phi) is 4.25. The quantitative estimate of drug-likeness (QED) is 0.724. The van der Waals surface area contributed by atoms with Crippen molar-refractivity contribution in [3.05, 3.63) is 58.9 Å². The summed E-state index contributed by atoms with van der Waals surface area (Å²) in [7, 11) is -1.40. The Morgan fingerprint density at radius 2 is 1.79 bits per heavy atom. The number of fused-ring (bicyclic) bond motifs is 1. The maximum atomic E-state index is 12.1. The first-order valence-electron chi connectivity index (χ1n) is 7.05. The van der Waals surface area contributed by atoms with Gasteiger partial charge in [-0.15, -0.1) is 5.10 Å². The number of nitrogens with one attached hydrogen (secondary N) is 1. The molecular weight excluding hydrogens is 346 g/mol. The lowest BCUT2D eigenvalue weighted by molar-refractivity contribution is 0.0953. The van der Waals surface area contributed by atoms with E-state index < -0.39 is 15.7 Å². The summed E-state index contributed by atoms with van der Waals surface area (Å²) in [5.74, 6) is -0.396. The molecule has 0 bridgehead atoms. The molecule has 0 saturated carbocycles. The summed E-state index contributed by atoms with van der Waals surface area (Å²) < 4.78 is 25.8. The van der Waals surface area contributed by atoms with Crippen LogP contribution in [0.2, 0.25) is 0 Å². The van der Waals surface area contributed by atoms with Gasteiger partial charge >= 0.3 is 0 Å². The third kappa shape index (κ3) is 3.24. The molecule has 0 atom stereocenters. The summed E-state index contributed by atoms with van der Waals surface area (Å²) in [6, 6.07) is 13.6. The van der Waals surface area contributed by atoms with Crippen molar-refractivity contribution in [3.8, 4) is 0 Å².